The molecule has 3 nitrogen and oxygen atoms in total. The monoisotopic (exact) mass is 253 g/mol. The number of hydrogen-bond donors (Lipinski definition) is 2. The fourth-order valence-electron chi connectivity index (χ4n) is 1.92. The molecular weight excluding hydrogens is 238 g/mol. The van der Waals surface area contributed by atoms with E-state index in [-0.39, 0.29) is 5.56 Å². The molecular formula is C16H15NO2. The minimum absolute atomic E-state index is 0.257. The van der Waals surface area contributed by atoms with Crippen molar-refractivity contribution in [1.29, 1.82) is 0 Å². The Kier molecular flexibility index (Phi) is 3.66. The summed E-state index contributed by atoms with van der Waals surface area (Å²) >= 11 is 0. The Morgan fingerprint density at radius 1 is 1.26 bits per heavy atom. The van der Waals surface area contributed by atoms with Gasteiger partial charge < -0.3 is 10.4 Å². The van der Waals surface area contributed by atoms with Gasteiger partial charge in [-0.2, -0.15) is 0 Å². The molecule has 0 heterocycles. The molecule has 0 aliphatic heterocycles. The van der Waals surface area contributed by atoms with E-state index in [0.717, 1.165) is 16.8 Å². The van der Waals surface area contributed by atoms with Crippen LogP contribution in [0.3, 0.4) is 0 Å². The van der Waals surface area contributed by atoms with E-state index in [1.165, 1.54) is 0 Å². The first kappa shape index (κ1) is 12.9. The van der Waals surface area contributed by atoms with Gasteiger partial charge in [0.15, 0.2) is 0 Å². The van der Waals surface area contributed by atoms with Crippen LogP contribution < -0.4 is 5.32 Å². The second kappa shape index (κ2) is 5.40. The van der Waals surface area contributed by atoms with E-state index in [1.807, 2.05) is 25.1 Å². The van der Waals surface area contributed by atoms with Crippen LogP contribution >= 0.6 is 0 Å². The van der Waals surface area contributed by atoms with Gasteiger partial charge in [0, 0.05) is 5.69 Å². The average Bonchev–Trinajstić information content (AvgIpc) is 2.39. The molecule has 0 amide bonds. The number of benzene rings is 2. The van der Waals surface area contributed by atoms with E-state index in [4.69, 9.17) is 5.11 Å². The minimum atomic E-state index is -0.942. The van der Waals surface area contributed by atoms with Crippen LogP contribution in [0.5, 0.6) is 0 Å². The molecule has 96 valence electrons. The van der Waals surface area contributed by atoms with E-state index >= 15 is 0 Å². The molecule has 0 unspecified atom stereocenters. The first-order valence-electron chi connectivity index (χ1n) is 5.94. The highest BCUT2D eigenvalue weighted by molar-refractivity contribution is 5.95. The van der Waals surface area contributed by atoms with Gasteiger partial charge in [-0.1, -0.05) is 30.9 Å². The number of para-hydroxylation sites is 1. The number of aromatic carboxylic acids is 1. The van der Waals surface area contributed by atoms with E-state index in [2.05, 4.69) is 11.9 Å². The van der Waals surface area contributed by atoms with Gasteiger partial charge in [-0.25, -0.2) is 4.79 Å². The first-order chi connectivity index (χ1) is 9.11. The third-order valence-corrected chi connectivity index (χ3v) is 2.93. The van der Waals surface area contributed by atoms with Crippen molar-refractivity contribution in [1.82, 2.24) is 0 Å². The van der Waals surface area contributed by atoms with Gasteiger partial charge in [0.1, 0.15) is 0 Å². The van der Waals surface area contributed by atoms with Crippen molar-refractivity contribution in [3.05, 3.63) is 65.7 Å². The zero-order valence-corrected chi connectivity index (χ0v) is 10.7. The molecule has 2 rings (SSSR count). The van der Waals surface area contributed by atoms with Crippen molar-refractivity contribution in [2.24, 2.45) is 0 Å². The normalized spacial score (nSPS) is 9.95. The predicted molar refractivity (Wildman–Crippen MR) is 78.0 cm³/mol. The lowest BCUT2D eigenvalue weighted by molar-refractivity contribution is 0.0698. The van der Waals surface area contributed by atoms with Gasteiger partial charge in [-0.15, -0.1) is 0 Å². The van der Waals surface area contributed by atoms with Gasteiger partial charge in [-0.05, 0) is 42.3 Å². The van der Waals surface area contributed by atoms with E-state index < -0.39 is 5.97 Å². The molecule has 0 saturated carbocycles. The Hall–Kier alpha value is -2.55. The summed E-state index contributed by atoms with van der Waals surface area (Å²) in [5.41, 5.74) is 3.86. The Balaban J connectivity index is 2.34. The SMILES string of the molecule is C=Cc1ccc(Nc2ccccc2C(=O)O)cc1C. The van der Waals surface area contributed by atoms with Crippen molar-refractivity contribution in [3.63, 3.8) is 0 Å². The van der Waals surface area contributed by atoms with Crippen molar-refractivity contribution in [3.8, 4) is 0 Å². The number of carboxylic acid groups (broad SMARTS) is 1. The van der Waals surface area contributed by atoms with Crippen molar-refractivity contribution in [2.75, 3.05) is 5.32 Å². The highest BCUT2D eigenvalue weighted by atomic mass is 16.4. The minimum Gasteiger partial charge on any atom is -0.478 e. The molecule has 0 radical (unpaired) electrons. The highest BCUT2D eigenvalue weighted by Gasteiger charge is 2.09. The van der Waals surface area contributed by atoms with Crippen LogP contribution in [-0.4, -0.2) is 11.1 Å². The molecule has 0 fully saturated rings. The van der Waals surface area contributed by atoms with Crippen LogP contribution in [0.1, 0.15) is 21.5 Å². The maximum absolute atomic E-state index is 11.1. The zero-order chi connectivity index (χ0) is 13.8. The Bertz CT molecular complexity index is 632. The summed E-state index contributed by atoms with van der Waals surface area (Å²) in [6.07, 6.45) is 1.80. The van der Waals surface area contributed by atoms with Crippen LogP contribution in [0.2, 0.25) is 0 Å². The molecule has 19 heavy (non-hydrogen) atoms. The smallest absolute Gasteiger partial charge is 0.337 e. The van der Waals surface area contributed by atoms with Gasteiger partial charge in [0.2, 0.25) is 0 Å². The number of aryl methyl sites for hydroxylation is 1. The fraction of sp³-hybridized carbons (Fsp3) is 0.0625. The maximum atomic E-state index is 11.1. The summed E-state index contributed by atoms with van der Waals surface area (Å²) in [5.74, 6) is -0.942. The molecule has 2 N–H and O–H groups in total. The Labute approximate surface area is 112 Å². The lowest BCUT2D eigenvalue weighted by Gasteiger charge is -2.11. The number of nitrogens with one attached hydrogen (secondary N) is 1. The topological polar surface area (TPSA) is 49.3 Å². The predicted octanol–water partition coefficient (Wildman–Crippen LogP) is 4.08. The summed E-state index contributed by atoms with van der Waals surface area (Å²) in [6.45, 7) is 5.74. The quantitative estimate of drug-likeness (QED) is 0.863. The second-order valence-electron chi connectivity index (χ2n) is 4.25. The first-order valence-corrected chi connectivity index (χ1v) is 5.94. The van der Waals surface area contributed by atoms with E-state index in [0.29, 0.717) is 5.69 Å². The standard InChI is InChI=1S/C16H15NO2/c1-3-12-8-9-13(10-11(12)2)17-15-7-5-4-6-14(15)16(18)19/h3-10,17H,1H2,2H3,(H,18,19). The molecule has 0 atom stereocenters. The molecule has 3 heteroatoms. The van der Waals surface area contributed by atoms with Gasteiger partial charge >= 0.3 is 5.97 Å². The van der Waals surface area contributed by atoms with Crippen LogP contribution in [0.25, 0.3) is 6.08 Å². The zero-order valence-electron chi connectivity index (χ0n) is 10.7. The number of anilines is 2. The van der Waals surface area contributed by atoms with Gasteiger partial charge in [-0.3, -0.25) is 0 Å². The Morgan fingerprint density at radius 3 is 2.63 bits per heavy atom. The number of rotatable bonds is 4. The summed E-state index contributed by atoms with van der Waals surface area (Å²) in [6, 6.07) is 12.7. The van der Waals surface area contributed by atoms with Crippen molar-refractivity contribution in [2.45, 2.75) is 6.92 Å². The molecule has 0 aromatic heterocycles. The second-order valence-corrected chi connectivity index (χ2v) is 4.25. The molecule has 0 bridgehead atoms. The highest BCUT2D eigenvalue weighted by Crippen LogP contribution is 2.23. The third-order valence-electron chi connectivity index (χ3n) is 2.93. The Morgan fingerprint density at radius 2 is 2.00 bits per heavy atom. The molecule has 0 aliphatic rings. The maximum Gasteiger partial charge on any atom is 0.337 e. The van der Waals surface area contributed by atoms with Gasteiger partial charge in [0.25, 0.3) is 0 Å². The van der Waals surface area contributed by atoms with Crippen LogP contribution in [-0.2, 0) is 0 Å². The molecule has 0 saturated heterocycles. The summed E-state index contributed by atoms with van der Waals surface area (Å²) < 4.78 is 0. The molecule has 2 aromatic carbocycles. The summed E-state index contributed by atoms with van der Waals surface area (Å²) in [7, 11) is 0. The van der Waals surface area contributed by atoms with E-state index in [1.54, 1.807) is 30.3 Å². The lowest BCUT2D eigenvalue weighted by Crippen LogP contribution is -2.02. The lowest BCUT2D eigenvalue weighted by atomic mass is 10.1. The summed E-state index contributed by atoms with van der Waals surface area (Å²) in [5, 5.41) is 12.3. The van der Waals surface area contributed by atoms with Crippen LogP contribution in [0.15, 0.2) is 49.0 Å². The average molecular weight is 253 g/mol. The molecule has 2 aromatic rings. The number of hydrogen-bond acceptors (Lipinski definition) is 2. The largest absolute Gasteiger partial charge is 0.478 e. The molecule has 0 spiro atoms. The summed E-state index contributed by atoms with van der Waals surface area (Å²) in [4.78, 5) is 11.1. The molecule has 0 aliphatic carbocycles. The number of carboxylic acids is 1. The third kappa shape index (κ3) is 2.83. The van der Waals surface area contributed by atoms with Crippen LogP contribution in [0.4, 0.5) is 11.4 Å². The van der Waals surface area contributed by atoms with Crippen molar-refractivity contribution < 1.29 is 9.90 Å². The number of carbonyl (C=O) groups is 1. The van der Waals surface area contributed by atoms with E-state index in [9.17, 15) is 4.79 Å². The van der Waals surface area contributed by atoms with Gasteiger partial charge in [0.05, 0.1) is 11.3 Å². The van der Waals surface area contributed by atoms with Crippen LogP contribution in [0, 0.1) is 6.92 Å². The fourth-order valence-corrected chi connectivity index (χ4v) is 1.92. The van der Waals surface area contributed by atoms with Crippen molar-refractivity contribution >= 4 is 23.4 Å².